The Balaban J connectivity index is 1.74. The zero-order valence-corrected chi connectivity index (χ0v) is 12.9. The van der Waals surface area contributed by atoms with E-state index < -0.39 is 0 Å². The van der Waals surface area contributed by atoms with Crippen LogP contribution >= 0.6 is 11.6 Å². The number of halogens is 2. The van der Waals surface area contributed by atoms with Gasteiger partial charge in [-0.3, -0.25) is 11.3 Å². The number of nitrogens with one attached hydrogen (secondary N) is 1. The highest BCUT2D eigenvalue weighted by molar-refractivity contribution is 6.31. The number of benzene rings is 1. The molecule has 2 nitrogen and oxygen atoms in total. The first-order valence-corrected chi connectivity index (χ1v) is 8.38. The van der Waals surface area contributed by atoms with Crippen molar-refractivity contribution in [3.63, 3.8) is 0 Å². The highest BCUT2D eigenvalue weighted by atomic mass is 35.5. The lowest BCUT2D eigenvalue weighted by molar-refractivity contribution is -0.0749. The molecular weight excluding hydrogens is 287 g/mol. The fraction of sp³-hybridized carbons (Fsp3) is 0.647. The molecule has 1 unspecified atom stereocenters. The summed E-state index contributed by atoms with van der Waals surface area (Å²) in [7, 11) is 0. The van der Waals surface area contributed by atoms with Crippen LogP contribution in [0.25, 0.3) is 0 Å². The smallest absolute Gasteiger partial charge is 0.123 e. The molecule has 4 aliphatic rings. The molecule has 4 aliphatic carbocycles. The van der Waals surface area contributed by atoms with Crippen LogP contribution in [0.1, 0.15) is 50.1 Å². The van der Waals surface area contributed by atoms with Gasteiger partial charge in [0.1, 0.15) is 5.82 Å². The quantitative estimate of drug-likeness (QED) is 0.649. The highest BCUT2D eigenvalue weighted by Gasteiger charge is 2.54. The van der Waals surface area contributed by atoms with E-state index in [4.69, 9.17) is 17.4 Å². The van der Waals surface area contributed by atoms with E-state index in [2.05, 4.69) is 5.43 Å². The van der Waals surface area contributed by atoms with Crippen molar-refractivity contribution in [3.05, 3.63) is 34.6 Å². The van der Waals surface area contributed by atoms with Gasteiger partial charge in [-0.25, -0.2) is 4.39 Å². The first-order valence-electron chi connectivity index (χ1n) is 8.01. The Labute approximate surface area is 130 Å². The van der Waals surface area contributed by atoms with E-state index in [9.17, 15) is 4.39 Å². The van der Waals surface area contributed by atoms with Crippen molar-refractivity contribution in [1.82, 2.24) is 5.43 Å². The zero-order chi connectivity index (χ0) is 14.6. The summed E-state index contributed by atoms with van der Waals surface area (Å²) < 4.78 is 13.7. The molecule has 4 heteroatoms. The van der Waals surface area contributed by atoms with E-state index in [1.807, 2.05) is 0 Å². The molecule has 3 N–H and O–H groups in total. The lowest BCUT2D eigenvalue weighted by atomic mass is 9.47. The maximum Gasteiger partial charge on any atom is 0.123 e. The Kier molecular flexibility index (Phi) is 3.29. The van der Waals surface area contributed by atoms with Crippen LogP contribution < -0.4 is 11.3 Å². The molecule has 114 valence electrons. The molecule has 0 spiro atoms. The molecule has 1 aromatic carbocycles. The monoisotopic (exact) mass is 308 g/mol. The third-order valence-corrected chi connectivity index (χ3v) is 6.48. The predicted molar refractivity (Wildman–Crippen MR) is 82.1 cm³/mol. The summed E-state index contributed by atoms with van der Waals surface area (Å²) in [4.78, 5) is 0. The minimum absolute atomic E-state index is 0.0332. The number of nitrogens with two attached hydrogens (primary N) is 1. The minimum atomic E-state index is -0.237. The van der Waals surface area contributed by atoms with Crippen molar-refractivity contribution >= 4 is 11.6 Å². The summed E-state index contributed by atoms with van der Waals surface area (Å²) in [5.41, 5.74) is 3.99. The molecular formula is C17H22ClFN2. The van der Waals surface area contributed by atoms with E-state index >= 15 is 0 Å². The van der Waals surface area contributed by atoms with Crippen LogP contribution in [0.3, 0.4) is 0 Å². The second-order valence-electron chi connectivity index (χ2n) is 7.55. The summed E-state index contributed by atoms with van der Waals surface area (Å²) in [6.07, 6.45) is 7.77. The molecule has 0 amide bonds. The summed E-state index contributed by atoms with van der Waals surface area (Å²) in [6.45, 7) is 0. The summed E-state index contributed by atoms with van der Waals surface area (Å²) in [5.74, 6) is 8.18. The second kappa shape index (κ2) is 4.94. The molecule has 5 rings (SSSR count). The van der Waals surface area contributed by atoms with E-state index in [0.717, 1.165) is 23.3 Å². The van der Waals surface area contributed by atoms with Gasteiger partial charge in [0.2, 0.25) is 0 Å². The van der Waals surface area contributed by atoms with Gasteiger partial charge in [-0.05, 0) is 85.5 Å². The molecule has 0 heterocycles. The van der Waals surface area contributed by atoms with Crippen molar-refractivity contribution in [2.75, 3.05) is 0 Å². The Bertz CT molecular complexity index is 524. The van der Waals surface area contributed by atoms with Crippen molar-refractivity contribution in [1.29, 1.82) is 0 Å². The molecule has 1 aromatic rings. The first-order chi connectivity index (χ1) is 10.1. The third-order valence-electron chi connectivity index (χ3n) is 6.13. The lowest BCUT2D eigenvalue weighted by Crippen LogP contribution is -2.53. The van der Waals surface area contributed by atoms with Crippen LogP contribution in [0, 0.1) is 29.0 Å². The van der Waals surface area contributed by atoms with Gasteiger partial charge in [0, 0.05) is 5.02 Å². The number of hydrogen-bond donors (Lipinski definition) is 2. The van der Waals surface area contributed by atoms with Gasteiger partial charge in [-0.1, -0.05) is 11.6 Å². The van der Waals surface area contributed by atoms with E-state index in [0.29, 0.717) is 5.02 Å². The van der Waals surface area contributed by atoms with Crippen LogP contribution in [0.4, 0.5) is 4.39 Å². The Morgan fingerprint density at radius 2 is 1.71 bits per heavy atom. The minimum Gasteiger partial charge on any atom is -0.271 e. The van der Waals surface area contributed by atoms with Gasteiger partial charge in [-0.15, -0.1) is 0 Å². The van der Waals surface area contributed by atoms with Crippen LogP contribution in [-0.4, -0.2) is 0 Å². The maximum atomic E-state index is 13.7. The van der Waals surface area contributed by atoms with Crippen LogP contribution in [0.2, 0.25) is 5.02 Å². The highest BCUT2D eigenvalue weighted by Crippen LogP contribution is 2.64. The SMILES string of the molecule is NNC(c1cc(F)ccc1Cl)C12CC3CC(CC(C3)C1)C2. The first kappa shape index (κ1) is 14.0. The van der Waals surface area contributed by atoms with Crippen LogP contribution in [-0.2, 0) is 0 Å². The second-order valence-corrected chi connectivity index (χ2v) is 7.95. The van der Waals surface area contributed by atoms with Gasteiger partial charge in [-0.2, -0.15) is 0 Å². The Morgan fingerprint density at radius 3 is 2.24 bits per heavy atom. The molecule has 0 aliphatic heterocycles. The van der Waals surface area contributed by atoms with E-state index in [1.165, 1.54) is 44.6 Å². The van der Waals surface area contributed by atoms with Crippen LogP contribution in [0.15, 0.2) is 18.2 Å². The largest absolute Gasteiger partial charge is 0.271 e. The van der Waals surface area contributed by atoms with Gasteiger partial charge < -0.3 is 0 Å². The molecule has 0 aromatic heterocycles. The van der Waals surface area contributed by atoms with Crippen molar-refractivity contribution in [2.45, 2.75) is 44.6 Å². The molecule has 4 saturated carbocycles. The average molecular weight is 309 g/mol. The van der Waals surface area contributed by atoms with Crippen molar-refractivity contribution in [3.8, 4) is 0 Å². The van der Waals surface area contributed by atoms with E-state index in [1.54, 1.807) is 12.1 Å². The normalized spacial score (nSPS) is 38.7. The molecule has 1 atom stereocenters. The van der Waals surface area contributed by atoms with Crippen LogP contribution in [0.5, 0.6) is 0 Å². The van der Waals surface area contributed by atoms with Gasteiger partial charge in [0.15, 0.2) is 0 Å². The Hall–Kier alpha value is -0.640. The Morgan fingerprint density at radius 1 is 1.14 bits per heavy atom. The zero-order valence-electron chi connectivity index (χ0n) is 12.1. The fourth-order valence-corrected chi connectivity index (χ4v) is 6.09. The summed E-state index contributed by atoms with van der Waals surface area (Å²) >= 11 is 6.35. The average Bonchev–Trinajstić information content (AvgIpc) is 2.41. The summed E-state index contributed by atoms with van der Waals surface area (Å²) in [5, 5.41) is 0.620. The molecule has 21 heavy (non-hydrogen) atoms. The number of rotatable bonds is 3. The fourth-order valence-electron chi connectivity index (χ4n) is 5.86. The number of hydrazine groups is 1. The molecule has 0 saturated heterocycles. The lowest BCUT2D eigenvalue weighted by Gasteiger charge is -2.59. The molecule has 4 fully saturated rings. The van der Waals surface area contributed by atoms with Crippen molar-refractivity contribution < 1.29 is 4.39 Å². The standard InChI is InChI=1S/C17H22ClFN2/c18-15-2-1-13(19)6-14(15)16(21-20)17-7-10-3-11(8-17)5-12(4-10)9-17/h1-2,6,10-12,16,21H,3-5,7-9,20H2. The predicted octanol–water partition coefficient (Wildman–Crippen LogP) is 4.20. The van der Waals surface area contributed by atoms with Gasteiger partial charge in [0.25, 0.3) is 0 Å². The topological polar surface area (TPSA) is 38.0 Å². The molecule has 0 radical (unpaired) electrons. The third kappa shape index (κ3) is 2.21. The van der Waals surface area contributed by atoms with Gasteiger partial charge in [0.05, 0.1) is 6.04 Å². The molecule has 4 bridgehead atoms. The van der Waals surface area contributed by atoms with Gasteiger partial charge >= 0.3 is 0 Å². The maximum absolute atomic E-state index is 13.7. The van der Waals surface area contributed by atoms with Crippen molar-refractivity contribution in [2.24, 2.45) is 29.0 Å². The van der Waals surface area contributed by atoms with E-state index in [-0.39, 0.29) is 17.3 Å². The summed E-state index contributed by atoms with van der Waals surface area (Å²) in [6, 6.07) is 4.59. The number of hydrogen-bond acceptors (Lipinski definition) is 2.